The summed E-state index contributed by atoms with van der Waals surface area (Å²) >= 11 is 0. The van der Waals surface area contributed by atoms with Gasteiger partial charge < -0.3 is 5.73 Å². The lowest BCUT2D eigenvalue weighted by molar-refractivity contribution is -0.215. The fourth-order valence-electron chi connectivity index (χ4n) is 0.762. The van der Waals surface area contributed by atoms with Gasteiger partial charge in [-0.05, 0) is 17.7 Å². The molecule has 0 bridgehead atoms. The van der Waals surface area contributed by atoms with E-state index >= 15 is 0 Å². The van der Waals surface area contributed by atoms with E-state index in [0.717, 1.165) is 5.56 Å². The molecule has 0 amide bonds. The Morgan fingerprint density at radius 2 is 2.00 bits per heavy atom. The molecule has 0 fully saturated rings. The van der Waals surface area contributed by atoms with Gasteiger partial charge in [0.15, 0.2) is 0 Å². The van der Waals surface area contributed by atoms with Gasteiger partial charge in [-0.1, -0.05) is 12.1 Å². The summed E-state index contributed by atoms with van der Waals surface area (Å²) in [5.74, 6) is 0. The van der Waals surface area contributed by atoms with Crippen LogP contribution in [0.1, 0.15) is 5.56 Å². The standard InChI is InChI=1S/C7H10N2O2/c8-5-6-1-3-7(4-2-6)9-11-10/h1-4,9-10H,5,8H2. The van der Waals surface area contributed by atoms with Crippen LogP contribution in [0.5, 0.6) is 0 Å². The molecule has 0 unspecified atom stereocenters. The zero-order valence-electron chi connectivity index (χ0n) is 5.95. The Kier molecular flexibility index (Phi) is 2.85. The Morgan fingerprint density at radius 3 is 2.45 bits per heavy atom. The molecule has 0 atom stereocenters. The molecular weight excluding hydrogens is 144 g/mol. The van der Waals surface area contributed by atoms with Gasteiger partial charge in [0.25, 0.3) is 0 Å². The van der Waals surface area contributed by atoms with E-state index in [1.165, 1.54) is 0 Å². The van der Waals surface area contributed by atoms with Crippen molar-refractivity contribution in [1.29, 1.82) is 0 Å². The highest BCUT2D eigenvalue weighted by molar-refractivity contribution is 5.42. The molecule has 4 N–H and O–H groups in total. The molecule has 0 radical (unpaired) electrons. The van der Waals surface area contributed by atoms with Gasteiger partial charge in [-0.2, -0.15) is 0 Å². The van der Waals surface area contributed by atoms with E-state index < -0.39 is 0 Å². The predicted molar refractivity (Wildman–Crippen MR) is 41.7 cm³/mol. The number of hydrogen-bond donors (Lipinski definition) is 3. The van der Waals surface area contributed by atoms with Crippen LogP contribution in [0.15, 0.2) is 24.3 Å². The summed E-state index contributed by atoms with van der Waals surface area (Å²) in [7, 11) is 0. The molecule has 4 nitrogen and oxygen atoms in total. The van der Waals surface area contributed by atoms with Crippen molar-refractivity contribution in [3.63, 3.8) is 0 Å². The van der Waals surface area contributed by atoms with E-state index in [1.54, 1.807) is 12.1 Å². The summed E-state index contributed by atoms with van der Waals surface area (Å²) in [5, 5.41) is 8.01. The number of benzene rings is 1. The second kappa shape index (κ2) is 3.92. The molecule has 0 saturated carbocycles. The van der Waals surface area contributed by atoms with E-state index in [9.17, 15) is 0 Å². The average molecular weight is 154 g/mol. The highest BCUT2D eigenvalue weighted by Gasteiger charge is 1.90. The van der Waals surface area contributed by atoms with Crippen molar-refractivity contribution < 1.29 is 10.2 Å². The first kappa shape index (κ1) is 8.00. The van der Waals surface area contributed by atoms with Gasteiger partial charge in [-0.15, -0.1) is 4.99 Å². The number of rotatable bonds is 3. The Hall–Kier alpha value is -1.10. The topological polar surface area (TPSA) is 67.5 Å². The summed E-state index contributed by atoms with van der Waals surface area (Å²) in [6.45, 7) is 0.514. The Morgan fingerprint density at radius 1 is 1.36 bits per heavy atom. The summed E-state index contributed by atoms with van der Waals surface area (Å²) in [5.41, 5.74) is 9.37. The van der Waals surface area contributed by atoms with Crippen LogP contribution >= 0.6 is 0 Å². The molecule has 0 aromatic heterocycles. The monoisotopic (exact) mass is 154 g/mol. The molecule has 0 aliphatic heterocycles. The minimum absolute atomic E-state index is 0.514. The van der Waals surface area contributed by atoms with Crippen LogP contribution in [0.25, 0.3) is 0 Å². The lowest BCUT2D eigenvalue weighted by Crippen LogP contribution is -1.98. The smallest absolute Gasteiger partial charge is 0.0634 e. The first-order valence-corrected chi connectivity index (χ1v) is 3.22. The second-order valence-electron chi connectivity index (χ2n) is 2.09. The lowest BCUT2D eigenvalue weighted by Gasteiger charge is -2.00. The van der Waals surface area contributed by atoms with Gasteiger partial charge in [0, 0.05) is 6.54 Å². The van der Waals surface area contributed by atoms with Gasteiger partial charge in [-0.25, -0.2) is 10.7 Å². The zero-order chi connectivity index (χ0) is 8.10. The molecule has 11 heavy (non-hydrogen) atoms. The minimum atomic E-state index is 0.514. The van der Waals surface area contributed by atoms with Crippen LogP contribution < -0.4 is 11.2 Å². The normalized spacial score (nSPS) is 9.64. The number of hydrogen-bond acceptors (Lipinski definition) is 4. The molecule has 1 aromatic rings. The maximum atomic E-state index is 8.01. The van der Waals surface area contributed by atoms with Gasteiger partial charge >= 0.3 is 0 Å². The van der Waals surface area contributed by atoms with Crippen molar-refractivity contribution in [1.82, 2.24) is 0 Å². The molecule has 0 spiro atoms. The SMILES string of the molecule is NCc1ccc(NOO)cc1. The van der Waals surface area contributed by atoms with Crippen molar-refractivity contribution in [2.75, 3.05) is 5.48 Å². The zero-order valence-corrected chi connectivity index (χ0v) is 5.95. The fraction of sp³-hybridized carbons (Fsp3) is 0.143. The predicted octanol–water partition coefficient (Wildman–Crippen LogP) is 0.962. The van der Waals surface area contributed by atoms with Crippen LogP contribution in [0.3, 0.4) is 0 Å². The molecule has 0 aliphatic carbocycles. The van der Waals surface area contributed by atoms with E-state index in [2.05, 4.69) is 10.5 Å². The maximum Gasteiger partial charge on any atom is 0.0634 e. The van der Waals surface area contributed by atoms with Crippen LogP contribution in [0, 0.1) is 0 Å². The van der Waals surface area contributed by atoms with Gasteiger partial charge in [-0.3, -0.25) is 0 Å². The lowest BCUT2D eigenvalue weighted by atomic mass is 10.2. The minimum Gasteiger partial charge on any atom is -0.326 e. The molecular formula is C7H10N2O2. The maximum absolute atomic E-state index is 8.01. The van der Waals surface area contributed by atoms with Crippen molar-refractivity contribution in [3.05, 3.63) is 29.8 Å². The van der Waals surface area contributed by atoms with Gasteiger partial charge in [0.05, 0.1) is 5.69 Å². The van der Waals surface area contributed by atoms with E-state index in [-0.39, 0.29) is 0 Å². The third kappa shape index (κ3) is 2.19. The third-order valence-electron chi connectivity index (χ3n) is 1.35. The Balaban J connectivity index is 2.66. The molecule has 60 valence electrons. The Bertz CT molecular complexity index is 210. The number of nitrogens with two attached hydrogens (primary N) is 1. The van der Waals surface area contributed by atoms with Crippen molar-refractivity contribution in [2.24, 2.45) is 5.73 Å². The fourth-order valence-corrected chi connectivity index (χ4v) is 0.762. The Labute approximate surface area is 64.5 Å². The highest BCUT2D eigenvalue weighted by Crippen LogP contribution is 2.07. The summed E-state index contributed by atoms with van der Waals surface area (Å²) < 4.78 is 0. The van der Waals surface area contributed by atoms with Crippen LogP contribution in [-0.4, -0.2) is 5.26 Å². The average Bonchev–Trinajstić information content (AvgIpc) is 2.07. The molecule has 1 aromatic carbocycles. The van der Waals surface area contributed by atoms with Crippen LogP contribution in [0.2, 0.25) is 0 Å². The van der Waals surface area contributed by atoms with Crippen LogP contribution in [-0.2, 0) is 11.5 Å². The third-order valence-corrected chi connectivity index (χ3v) is 1.35. The summed E-state index contributed by atoms with van der Waals surface area (Å²) in [6.07, 6.45) is 0. The second-order valence-corrected chi connectivity index (χ2v) is 2.09. The van der Waals surface area contributed by atoms with Crippen molar-refractivity contribution in [2.45, 2.75) is 6.54 Å². The molecule has 0 saturated heterocycles. The number of anilines is 1. The molecule has 0 aliphatic rings. The molecule has 4 heteroatoms. The van der Waals surface area contributed by atoms with Gasteiger partial charge in [0.1, 0.15) is 0 Å². The van der Waals surface area contributed by atoms with Crippen LogP contribution in [0.4, 0.5) is 5.69 Å². The van der Waals surface area contributed by atoms with E-state index in [1.807, 2.05) is 12.1 Å². The first-order valence-electron chi connectivity index (χ1n) is 3.22. The van der Waals surface area contributed by atoms with Crippen molar-refractivity contribution in [3.8, 4) is 0 Å². The van der Waals surface area contributed by atoms with Gasteiger partial charge in [0.2, 0.25) is 0 Å². The quantitative estimate of drug-likeness (QED) is 0.448. The summed E-state index contributed by atoms with van der Waals surface area (Å²) in [6, 6.07) is 7.22. The van der Waals surface area contributed by atoms with E-state index in [4.69, 9.17) is 11.0 Å². The summed E-state index contributed by atoms with van der Waals surface area (Å²) in [4.78, 5) is 3.72. The number of nitrogens with one attached hydrogen (secondary N) is 1. The highest BCUT2D eigenvalue weighted by atomic mass is 17.2. The molecule has 1 rings (SSSR count). The van der Waals surface area contributed by atoms with E-state index in [0.29, 0.717) is 12.2 Å². The first-order chi connectivity index (χ1) is 5.36. The molecule has 0 heterocycles. The van der Waals surface area contributed by atoms with Crippen molar-refractivity contribution >= 4 is 5.69 Å². The largest absolute Gasteiger partial charge is 0.326 e.